The fourth-order valence-electron chi connectivity index (χ4n) is 3.54. The zero-order valence-electron chi connectivity index (χ0n) is 14.6. The number of rotatable bonds is 4. The third kappa shape index (κ3) is 4.81. The van der Waals surface area contributed by atoms with Crippen LogP contribution >= 0.6 is 0 Å². The van der Waals surface area contributed by atoms with E-state index in [9.17, 15) is 13.6 Å². The lowest BCUT2D eigenvalue weighted by molar-refractivity contribution is 0.213. The Morgan fingerprint density at radius 1 is 1.16 bits per heavy atom. The molecule has 1 aromatic carbocycles. The molecule has 0 aromatic heterocycles. The van der Waals surface area contributed by atoms with E-state index < -0.39 is 11.6 Å². The lowest BCUT2D eigenvalue weighted by atomic mass is 10.1. The SMILES string of the molecule is CN1CCC(NC(=O)NC[C@@H]2CCN(c3ccc(F)c(F)c3)C2)CC1. The molecule has 1 aromatic rings. The third-order valence-corrected chi connectivity index (χ3v) is 5.16. The highest BCUT2D eigenvalue weighted by atomic mass is 19.2. The van der Waals surface area contributed by atoms with Gasteiger partial charge < -0.3 is 20.4 Å². The number of carbonyl (C=O) groups is 1. The Morgan fingerprint density at radius 2 is 1.92 bits per heavy atom. The number of likely N-dealkylation sites (tertiary alicyclic amines) is 1. The summed E-state index contributed by atoms with van der Waals surface area (Å²) in [5.74, 6) is -1.33. The summed E-state index contributed by atoms with van der Waals surface area (Å²) in [6, 6.07) is 4.13. The van der Waals surface area contributed by atoms with Crippen LogP contribution < -0.4 is 15.5 Å². The predicted octanol–water partition coefficient (Wildman–Crippen LogP) is 2.18. The van der Waals surface area contributed by atoms with Crippen molar-refractivity contribution in [2.75, 3.05) is 44.7 Å². The fourth-order valence-corrected chi connectivity index (χ4v) is 3.54. The van der Waals surface area contributed by atoms with Crippen LogP contribution in [0.4, 0.5) is 19.3 Å². The molecule has 7 heteroatoms. The van der Waals surface area contributed by atoms with Crippen molar-refractivity contribution in [2.45, 2.75) is 25.3 Å². The Balaban J connectivity index is 1.41. The maximum absolute atomic E-state index is 13.4. The molecule has 138 valence electrons. The van der Waals surface area contributed by atoms with Crippen LogP contribution in [0.15, 0.2) is 18.2 Å². The molecule has 5 nitrogen and oxygen atoms in total. The molecule has 0 radical (unpaired) electrons. The van der Waals surface area contributed by atoms with Crippen LogP contribution in [0.25, 0.3) is 0 Å². The Bertz CT molecular complexity index is 605. The average Bonchev–Trinajstić information content (AvgIpc) is 3.07. The topological polar surface area (TPSA) is 47.6 Å². The van der Waals surface area contributed by atoms with Gasteiger partial charge in [0.05, 0.1) is 0 Å². The van der Waals surface area contributed by atoms with E-state index in [4.69, 9.17) is 0 Å². The van der Waals surface area contributed by atoms with Crippen molar-refractivity contribution in [1.29, 1.82) is 0 Å². The van der Waals surface area contributed by atoms with Gasteiger partial charge in [-0.25, -0.2) is 13.6 Å². The number of amides is 2. The van der Waals surface area contributed by atoms with Gasteiger partial charge in [-0.2, -0.15) is 0 Å². The van der Waals surface area contributed by atoms with Crippen LogP contribution in [-0.4, -0.2) is 56.7 Å². The molecular formula is C18H26F2N4O. The standard InChI is InChI=1S/C18H26F2N4O/c1-23-7-5-14(6-8-23)22-18(25)21-11-13-4-9-24(12-13)15-2-3-16(19)17(20)10-15/h2-3,10,13-14H,4-9,11-12H2,1H3,(H2,21,22,25)/t13-/m0/s1. The molecule has 2 saturated heterocycles. The first-order valence-electron chi connectivity index (χ1n) is 8.94. The van der Waals surface area contributed by atoms with E-state index >= 15 is 0 Å². The zero-order chi connectivity index (χ0) is 17.8. The molecule has 0 aliphatic carbocycles. The van der Waals surface area contributed by atoms with Gasteiger partial charge in [-0.15, -0.1) is 0 Å². The van der Waals surface area contributed by atoms with Gasteiger partial charge in [0, 0.05) is 37.4 Å². The normalized spacial score (nSPS) is 22.2. The number of urea groups is 1. The smallest absolute Gasteiger partial charge is 0.315 e. The first-order valence-corrected chi connectivity index (χ1v) is 8.94. The number of carbonyl (C=O) groups excluding carboxylic acids is 1. The highest BCUT2D eigenvalue weighted by Crippen LogP contribution is 2.25. The van der Waals surface area contributed by atoms with Crippen LogP contribution in [0.2, 0.25) is 0 Å². The number of halogens is 2. The van der Waals surface area contributed by atoms with E-state index in [0.29, 0.717) is 18.2 Å². The van der Waals surface area contributed by atoms with Gasteiger partial charge in [-0.3, -0.25) is 0 Å². The van der Waals surface area contributed by atoms with Gasteiger partial charge in [-0.05, 0) is 57.5 Å². The van der Waals surface area contributed by atoms with E-state index in [0.717, 1.165) is 51.5 Å². The Morgan fingerprint density at radius 3 is 2.64 bits per heavy atom. The van der Waals surface area contributed by atoms with Gasteiger partial charge in [0.1, 0.15) is 0 Å². The van der Waals surface area contributed by atoms with Crippen LogP contribution in [0.5, 0.6) is 0 Å². The molecule has 25 heavy (non-hydrogen) atoms. The minimum Gasteiger partial charge on any atom is -0.371 e. The van der Waals surface area contributed by atoms with Crippen LogP contribution in [0.1, 0.15) is 19.3 Å². The quantitative estimate of drug-likeness (QED) is 0.873. The largest absolute Gasteiger partial charge is 0.371 e. The van der Waals surface area contributed by atoms with Gasteiger partial charge >= 0.3 is 6.03 Å². The summed E-state index contributed by atoms with van der Waals surface area (Å²) in [7, 11) is 2.09. The molecule has 0 unspecified atom stereocenters. The average molecular weight is 352 g/mol. The summed E-state index contributed by atoms with van der Waals surface area (Å²) in [5.41, 5.74) is 0.692. The Hall–Kier alpha value is -1.89. The van der Waals surface area contributed by atoms with Crippen molar-refractivity contribution in [1.82, 2.24) is 15.5 Å². The first kappa shape index (κ1) is 17.9. The number of benzene rings is 1. The molecule has 0 bridgehead atoms. The van der Waals surface area contributed by atoms with E-state index in [2.05, 4.69) is 22.6 Å². The summed E-state index contributed by atoms with van der Waals surface area (Å²) in [6.07, 6.45) is 2.89. The molecule has 1 atom stereocenters. The molecular weight excluding hydrogens is 326 g/mol. The summed E-state index contributed by atoms with van der Waals surface area (Å²) in [6.45, 7) is 4.14. The molecule has 0 saturated carbocycles. The van der Waals surface area contributed by atoms with E-state index in [1.54, 1.807) is 6.07 Å². The Kier molecular flexibility index (Phi) is 5.73. The summed E-state index contributed by atoms with van der Waals surface area (Å²) in [4.78, 5) is 16.3. The number of hydrogen-bond acceptors (Lipinski definition) is 3. The molecule has 2 amide bonds. The van der Waals surface area contributed by atoms with Crippen molar-refractivity contribution in [3.63, 3.8) is 0 Å². The molecule has 2 N–H and O–H groups in total. The van der Waals surface area contributed by atoms with Crippen LogP contribution in [0.3, 0.4) is 0 Å². The van der Waals surface area contributed by atoms with Crippen molar-refractivity contribution >= 4 is 11.7 Å². The van der Waals surface area contributed by atoms with Crippen LogP contribution in [0, 0.1) is 17.6 Å². The Labute approximate surface area is 147 Å². The molecule has 2 fully saturated rings. The maximum Gasteiger partial charge on any atom is 0.315 e. The van der Waals surface area contributed by atoms with Crippen molar-refractivity contribution in [3.8, 4) is 0 Å². The highest BCUT2D eigenvalue weighted by Gasteiger charge is 2.24. The monoisotopic (exact) mass is 352 g/mol. The van der Waals surface area contributed by atoms with Gasteiger partial charge in [-0.1, -0.05) is 0 Å². The molecule has 0 spiro atoms. The molecule has 2 aliphatic rings. The maximum atomic E-state index is 13.4. The molecule has 3 rings (SSSR count). The van der Waals surface area contributed by atoms with E-state index in [1.807, 2.05) is 4.90 Å². The van der Waals surface area contributed by atoms with Gasteiger partial charge in [0.25, 0.3) is 0 Å². The fraction of sp³-hybridized carbons (Fsp3) is 0.611. The van der Waals surface area contributed by atoms with Crippen molar-refractivity contribution < 1.29 is 13.6 Å². The van der Waals surface area contributed by atoms with Crippen molar-refractivity contribution in [3.05, 3.63) is 29.8 Å². The second kappa shape index (κ2) is 7.99. The van der Waals surface area contributed by atoms with E-state index in [1.165, 1.54) is 6.07 Å². The number of piperidine rings is 1. The highest BCUT2D eigenvalue weighted by molar-refractivity contribution is 5.74. The third-order valence-electron chi connectivity index (χ3n) is 5.16. The van der Waals surface area contributed by atoms with Crippen LogP contribution in [-0.2, 0) is 0 Å². The van der Waals surface area contributed by atoms with Gasteiger partial charge in [0.2, 0.25) is 0 Å². The number of nitrogens with zero attached hydrogens (tertiary/aromatic N) is 2. The lowest BCUT2D eigenvalue weighted by Crippen LogP contribution is -2.48. The summed E-state index contributed by atoms with van der Waals surface area (Å²) in [5, 5.41) is 5.99. The minimum atomic E-state index is -0.827. The number of anilines is 1. The summed E-state index contributed by atoms with van der Waals surface area (Å²) >= 11 is 0. The van der Waals surface area contributed by atoms with E-state index in [-0.39, 0.29) is 12.1 Å². The predicted molar refractivity (Wildman–Crippen MR) is 93.7 cm³/mol. The second-order valence-corrected chi connectivity index (χ2v) is 7.13. The number of hydrogen-bond donors (Lipinski definition) is 2. The van der Waals surface area contributed by atoms with Crippen molar-refractivity contribution in [2.24, 2.45) is 5.92 Å². The second-order valence-electron chi connectivity index (χ2n) is 7.13. The zero-order valence-corrected chi connectivity index (χ0v) is 14.6. The first-order chi connectivity index (χ1) is 12.0. The summed E-state index contributed by atoms with van der Waals surface area (Å²) < 4.78 is 26.4. The van der Waals surface area contributed by atoms with Gasteiger partial charge in [0.15, 0.2) is 11.6 Å². The molecule has 2 aliphatic heterocycles. The minimum absolute atomic E-state index is 0.110. The lowest BCUT2D eigenvalue weighted by Gasteiger charge is -2.29. The number of nitrogens with one attached hydrogen (secondary N) is 2. The molecule has 2 heterocycles.